The zero-order valence-electron chi connectivity index (χ0n) is 16.6. The van der Waals surface area contributed by atoms with E-state index in [2.05, 4.69) is 52.9 Å². The van der Waals surface area contributed by atoms with Gasteiger partial charge >= 0.3 is 0 Å². The van der Waals surface area contributed by atoms with Gasteiger partial charge < -0.3 is 9.47 Å². The Morgan fingerprint density at radius 2 is 1.79 bits per heavy atom. The van der Waals surface area contributed by atoms with Crippen molar-refractivity contribution in [1.29, 1.82) is 0 Å². The highest BCUT2D eigenvalue weighted by Gasteiger charge is 2.16. The van der Waals surface area contributed by atoms with Crippen LogP contribution in [0.4, 0.5) is 0 Å². The summed E-state index contributed by atoms with van der Waals surface area (Å²) in [5, 5.41) is 9.47. The summed E-state index contributed by atoms with van der Waals surface area (Å²) < 4.78 is 2.09. The van der Waals surface area contributed by atoms with E-state index in [-0.39, 0.29) is 5.91 Å². The van der Waals surface area contributed by atoms with Gasteiger partial charge in [0.2, 0.25) is 5.91 Å². The zero-order valence-corrected chi connectivity index (χ0v) is 17.4. The van der Waals surface area contributed by atoms with E-state index in [4.69, 9.17) is 0 Å². The molecule has 3 rings (SSSR count). The van der Waals surface area contributed by atoms with E-state index >= 15 is 0 Å². The Balaban J connectivity index is 1.61. The standard InChI is InChI=1S/C22H26N4OS/c1-4-26-20(14-18-11-6-5-7-12-18)23-24-22(26)28-16-21(27)25(3)15-19-13-9-8-10-17(19)2/h5-13H,4,14-16H2,1-3H3. The minimum atomic E-state index is 0.0866. The van der Waals surface area contributed by atoms with Gasteiger partial charge in [0, 0.05) is 26.6 Å². The van der Waals surface area contributed by atoms with Gasteiger partial charge in [0.15, 0.2) is 5.16 Å². The predicted octanol–water partition coefficient (Wildman–Crippen LogP) is 3.95. The molecule has 0 aliphatic carbocycles. The summed E-state index contributed by atoms with van der Waals surface area (Å²) in [4.78, 5) is 14.3. The van der Waals surface area contributed by atoms with Gasteiger partial charge in [-0.05, 0) is 30.5 Å². The number of carbonyl (C=O) groups is 1. The molecule has 0 atom stereocenters. The number of aromatic nitrogens is 3. The van der Waals surface area contributed by atoms with Crippen molar-refractivity contribution in [2.75, 3.05) is 12.8 Å². The number of hydrogen-bond acceptors (Lipinski definition) is 4. The minimum absolute atomic E-state index is 0.0866. The Hall–Kier alpha value is -2.60. The van der Waals surface area contributed by atoms with Crippen LogP contribution in [0.1, 0.15) is 29.4 Å². The van der Waals surface area contributed by atoms with E-state index in [9.17, 15) is 4.79 Å². The second-order valence-electron chi connectivity index (χ2n) is 6.77. The molecule has 5 nitrogen and oxygen atoms in total. The summed E-state index contributed by atoms with van der Waals surface area (Å²) in [5.41, 5.74) is 3.58. The monoisotopic (exact) mass is 394 g/mol. The molecule has 0 bridgehead atoms. The first kappa shape index (κ1) is 20.1. The maximum Gasteiger partial charge on any atom is 0.233 e. The van der Waals surface area contributed by atoms with Crippen LogP contribution >= 0.6 is 11.8 Å². The fraction of sp³-hybridized carbons (Fsp3) is 0.318. The Labute approximate surface area is 170 Å². The van der Waals surface area contributed by atoms with E-state index in [1.807, 2.05) is 37.4 Å². The molecule has 1 aromatic heterocycles. The number of rotatable bonds is 8. The molecule has 0 spiro atoms. The van der Waals surface area contributed by atoms with Crippen molar-refractivity contribution in [2.24, 2.45) is 0 Å². The number of amides is 1. The third kappa shape index (κ3) is 5.01. The van der Waals surface area contributed by atoms with Crippen molar-refractivity contribution in [1.82, 2.24) is 19.7 Å². The second kappa shape index (κ2) is 9.55. The van der Waals surface area contributed by atoms with Crippen LogP contribution in [0.3, 0.4) is 0 Å². The number of hydrogen-bond donors (Lipinski definition) is 0. The van der Waals surface area contributed by atoms with E-state index in [0.29, 0.717) is 12.3 Å². The molecule has 6 heteroatoms. The number of aryl methyl sites for hydroxylation is 1. The highest BCUT2D eigenvalue weighted by Crippen LogP contribution is 2.20. The Morgan fingerprint density at radius 3 is 2.50 bits per heavy atom. The molecule has 0 saturated carbocycles. The quantitative estimate of drug-likeness (QED) is 0.543. The lowest BCUT2D eigenvalue weighted by Gasteiger charge is -2.18. The predicted molar refractivity (Wildman–Crippen MR) is 113 cm³/mol. The van der Waals surface area contributed by atoms with Gasteiger partial charge in [-0.2, -0.15) is 0 Å². The molecule has 0 unspecified atom stereocenters. The lowest BCUT2D eigenvalue weighted by Crippen LogP contribution is -2.28. The summed E-state index contributed by atoms with van der Waals surface area (Å²) in [6.45, 7) is 5.55. The average molecular weight is 395 g/mol. The molecule has 0 aliphatic rings. The normalized spacial score (nSPS) is 10.8. The number of nitrogens with zero attached hydrogens (tertiary/aromatic N) is 4. The molecule has 1 amide bonds. The van der Waals surface area contributed by atoms with E-state index in [1.165, 1.54) is 28.5 Å². The highest BCUT2D eigenvalue weighted by atomic mass is 32.2. The number of benzene rings is 2. The van der Waals surface area contributed by atoms with Crippen LogP contribution in [-0.4, -0.2) is 38.4 Å². The third-order valence-electron chi connectivity index (χ3n) is 4.73. The summed E-state index contributed by atoms with van der Waals surface area (Å²) in [6, 6.07) is 18.4. The fourth-order valence-corrected chi connectivity index (χ4v) is 3.98. The van der Waals surface area contributed by atoms with Crippen molar-refractivity contribution in [2.45, 2.75) is 38.5 Å². The average Bonchev–Trinajstić information content (AvgIpc) is 3.10. The first-order chi connectivity index (χ1) is 13.6. The first-order valence-electron chi connectivity index (χ1n) is 9.45. The largest absolute Gasteiger partial charge is 0.341 e. The summed E-state index contributed by atoms with van der Waals surface area (Å²) in [6.07, 6.45) is 0.739. The Morgan fingerprint density at radius 1 is 1.07 bits per heavy atom. The van der Waals surface area contributed by atoms with Gasteiger partial charge in [-0.15, -0.1) is 10.2 Å². The van der Waals surface area contributed by atoms with Gasteiger partial charge in [-0.25, -0.2) is 0 Å². The molecule has 28 heavy (non-hydrogen) atoms. The Bertz CT molecular complexity index is 923. The molecule has 0 radical (unpaired) electrons. The summed E-state index contributed by atoms with van der Waals surface area (Å²) in [7, 11) is 1.85. The number of thioether (sulfide) groups is 1. The molecule has 0 saturated heterocycles. The summed E-state index contributed by atoms with van der Waals surface area (Å²) in [5.74, 6) is 1.37. The maximum absolute atomic E-state index is 12.6. The van der Waals surface area contributed by atoms with Crippen LogP contribution in [0.25, 0.3) is 0 Å². The highest BCUT2D eigenvalue weighted by molar-refractivity contribution is 7.99. The maximum atomic E-state index is 12.6. The van der Waals surface area contributed by atoms with Crippen LogP contribution in [0.15, 0.2) is 59.8 Å². The van der Waals surface area contributed by atoms with Crippen molar-refractivity contribution in [3.63, 3.8) is 0 Å². The third-order valence-corrected chi connectivity index (χ3v) is 5.69. The van der Waals surface area contributed by atoms with Crippen molar-refractivity contribution < 1.29 is 4.79 Å². The summed E-state index contributed by atoms with van der Waals surface area (Å²) >= 11 is 1.45. The Kier molecular flexibility index (Phi) is 6.87. The van der Waals surface area contributed by atoms with Gasteiger partial charge in [-0.1, -0.05) is 66.4 Å². The molecule has 1 heterocycles. The van der Waals surface area contributed by atoms with Crippen LogP contribution in [0, 0.1) is 6.92 Å². The van der Waals surface area contributed by atoms with E-state index < -0.39 is 0 Å². The van der Waals surface area contributed by atoms with Crippen LogP contribution < -0.4 is 0 Å². The number of carbonyl (C=O) groups excluding carboxylic acids is 1. The molecule has 0 N–H and O–H groups in total. The lowest BCUT2D eigenvalue weighted by atomic mass is 10.1. The zero-order chi connectivity index (χ0) is 19.9. The van der Waals surface area contributed by atoms with Crippen LogP contribution in [0.5, 0.6) is 0 Å². The molecule has 3 aromatic rings. The molecule has 0 aliphatic heterocycles. The van der Waals surface area contributed by atoms with E-state index in [1.54, 1.807) is 4.90 Å². The van der Waals surface area contributed by atoms with Crippen molar-refractivity contribution in [3.8, 4) is 0 Å². The van der Waals surface area contributed by atoms with Crippen molar-refractivity contribution in [3.05, 3.63) is 77.1 Å². The van der Waals surface area contributed by atoms with Gasteiger partial charge in [0.25, 0.3) is 0 Å². The SMILES string of the molecule is CCn1c(Cc2ccccc2)nnc1SCC(=O)N(C)Cc1ccccc1C. The lowest BCUT2D eigenvalue weighted by molar-refractivity contribution is -0.127. The van der Waals surface area contributed by atoms with Crippen LogP contribution in [-0.2, 0) is 24.3 Å². The van der Waals surface area contributed by atoms with Gasteiger partial charge in [0.05, 0.1) is 5.75 Å². The molecule has 146 valence electrons. The fourth-order valence-electron chi connectivity index (χ4n) is 3.02. The minimum Gasteiger partial charge on any atom is -0.341 e. The second-order valence-corrected chi connectivity index (χ2v) is 7.71. The van der Waals surface area contributed by atoms with Crippen LogP contribution in [0.2, 0.25) is 0 Å². The molecular weight excluding hydrogens is 368 g/mol. The van der Waals surface area contributed by atoms with Gasteiger partial charge in [-0.3, -0.25) is 4.79 Å². The topological polar surface area (TPSA) is 51.0 Å². The smallest absolute Gasteiger partial charge is 0.233 e. The molecule has 0 fully saturated rings. The molecule has 2 aromatic carbocycles. The van der Waals surface area contributed by atoms with E-state index in [0.717, 1.165) is 23.9 Å². The van der Waals surface area contributed by atoms with Gasteiger partial charge in [0.1, 0.15) is 5.82 Å². The van der Waals surface area contributed by atoms with Crippen molar-refractivity contribution >= 4 is 17.7 Å². The molecular formula is C22H26N4OS. The first-order valence-corrected chi connectivity index (χ1v) is 10.4.